The standard InChI is InChI=1S/C14H27N3O4/c1-4-10(2)11(16-13(15)19)12(18)17(3)9-14(20)5-7-21-8-6-14/h10-11,20H,4-9H2,1-3H3,(H3,15,16,19). The summed E-state index contributed by atoms with van der Waals surface area (Å²) in [5, 5.41) is 13.0. The quantitative estimate of drug-likeness (QED) is 0.645. The average molecular weight is 301 g/mol. The fraction of sp³-hybridized carbons (Fsp3) is 0.857. The molecule has 1 heterocycles. The lowest BCUT2D eigenvalue weighted by Gasteiger charge is -2.37. The van der Waals surface area contributed by atoms with Crippen molar-refractivity contribution in [2.45, 2.75) is 44.8 Å². The number of aliphatic hydroxyl groups is 1. The van der Waals surface area contributed by atoms with Crippen molar-refractivity contribution in [3.63, 3.8) is 0 Å². The Morgan fingerprint density at radius 2 is 2.00 bits per heavy atom. The maximum Gasteiger partial charge on any atom is 0.312 e. The summed E-state index contributed by atoms with van der Waals surface area (Å²) in [6, 6.07) is -1.38. The highest BCUT2D eigenvalue weighted by molar-refractivity contribution is 5.86. The number of nitrogens with zero attached hydrogens (tertiary/aromatic N) is 1. The fourth-order valence-corrected chi connectivity index (χ4v) is 2.50. The van der Waals surface area contributed by atoms with E-state index in [1.807, 2.05) is 13.8 Å². The average Bonchev–Trinajstić information content (AvgIpc) is 2.43. The lowest BCUT2D eigenvalue weighted by Crippen LogP contribution is -2.55. The van der Waals surface area contributed by atoms with Crippen LogP contribution in [0.4, 0.5) is 4.79 Å². The van der Waals surface area contributed by atoms with Crippen molar-refractivity contribution in [2.24, 2.45) is 11.7 Å². The molecule has 0 saturated carbocycles. The lowest BCUT2D eigenvalue weighted by atomic mass is 9.92. The third-order valence-corrected chi connectivity index (χ3v) is 4.11. The molecule has 1 aliphatic heterocycles. The van der Waals surface area contributed by atoms with E-state index in [0.717, 1.165) is 6.42 Å². The Kier molecular flexibility index (Phi) is 6.42. The van der Waals surface area contributed by atoms with Crippen molar-refractivity contribution in [1.82, 2.24) is 10.2 Å². The van der Waals surface area contributed by atoms with Crippen LogP contribution in [-0.2, 0) is 9.53 Å². The van der Waals surface area contributed by atoms with Crippen LogP contribution in [0.2, 0.25) is 0 Å². The Morgan fingerprint density at radius 1 is 1.43 bits per heavy atom. The normalized spacial score (nSPS) is 20.4. The summed E-state index contributed by atoms with van der Waals surface area (Å²) in [7, 11) is 1.63. The first-order chi connectivity index (χ1) is 9.79. The fourth-order valence-electron chi connectivity index (χ4n) is 2.50. The molecule has 3 amide bonds. The van der Waals surface area contributed by atoms with Gasteiger partial charge >= 0.3 is 6.03 Å². The van der Waals surface area contributed by atoms with Gasteiger partial charge in [-0.05, 0) is 5.92 Å². The minimum Gasteiger partial charge on any atom is -0.388 e. The van der Waals surface area contributed by atoms with Crippen molar-refractivity contribution >= 4 is 11.9 Å². The number of nitrogens with two attached hydrogens (primary N) is 1. The molecule has 2 unspecified atom stereocenters. The van der Waals surface area contributed by atoms with Crippen molar-refractivity contribution in [2.75, 3.05) is 26.8 Å². The summed E-state index contributed by atoms with van der Waals surface area (Å²) >= 11 is 0. The van der Waals surface area contributed by atoms with Gasteiger partial charge in [0.05, 0.1) is 5.60 Å². The maximum atomic E-state index is 12.5. The highest BCUT2D eigenvalue weighted by atomic mass is 16.5. The molecule has 7 nitrogen and oxygen atoms in total. The predicted octanol–water partition coefficient (Wildman–Crippen LogP) is 0.0693. The van der Waals surface area contributed by atoms with Crippen LogP contribution in [0.3, 0.4) is 0 Å². The Morgan fingerprint density at radius 3 is 2.48 bits per heavy atom. The number of urea groups is 1. The van der Waals surface area contributed by atoms with E-state index in [1.54, 1.807) is 7.05 Å². The molecular formula is C14H27N3O4. The molecule has 122 valence electrons. The molecule has 0 aromatic heterocycles. The molecule has 0 radical (unpaired) electrons. The summed E-state index contributed by atoms with van der Waals surface area (Å²) < 4.78 is 5.23. The van der Waals surface area contributed by atoms with E-state index >= 15 is 0 Å². The first kappa shape index (κ1) is 17.7. The van der Waals surface area contributed by atoms with Gasteiger partial charge in [0.1, 0.15) is 6.04 Å². The number of amides is 3. The highest BCUT2D eigenvalue weighted by Gasteiger charge is 2.35. The van der Waals surface area contributed by atoms with Crippen LogP contribution in [0.25, 0.3) is 0 Å². The molecule has 0 bridgehead atoms. The minimum atomic E-state index is -0.921. The molecule has 0 spiro atoms. The smallest absolute Gasteiger partial charge is 0.312 e. The van der Waals surface area contributed by atoms with Crippen LogP contribution in [0, 0.1) is 5.92 Å². The maximum absolute atomic E-state index is 12.5. The van der Waals surface area contributed by atoms with Crippen molar-refractivity contribution in [3.05, 3.63) is 0 Å². The number of primary amides is 1. The molecule has 7 heteroatoms. The summed E-state index contributed by atoms with van der Waals surface area (Å²) in [6.07, 6.45) is 1.74. The van der Waals surface area contributed by atoms with Crippen molar-refractivity contribution in [1.29, 1.82) is 0 Å². The Bertz CT molecular complexity index is 369. The van der Waals surface area contributed by atoms with Crippen LogP contribution >= 0.6 is 0 Å². The number of carbonyl (C=O) groups excluding carboxylic acids is 2. The van der Waals surface area contributed by atoms with Crippen LogP contribution in [0.5, 0.6) is 0 Å². The molecular weight excluding hydrogens is 274 g/mol. The molecule has 4 N–H and O–H groups in total. The van der Waals surface area contributed by atoms with E-state index in [0.29, 0.717) is 26.1 Å². The van der Waals surface area contributed by atoms with Gasteiger partial charge in [0.15, 0.2) is 0 Å². The summed E-state index contributed by atoms with van der Waals surface area (Å²) in [6.45, 7) is 5.04. The van der Waals surface area contributed by atoms with Gasteiger partial charge in [-0.2, -0.15) is 0 Å². The second kappa shape index (κ2) is 7.61. The molecule has 21 heavy (non-hydrogen) atoms. The van der Waals surface area contributed by atoms with Gasteiger partial charge in [0.2, 0.25) is 5.91 Å². The van der Waals surface area contributed by atoms with E-state index in [1.165, 1.54) is 4.90 Å². The Balaban J connectivity index is 2.70. The topological polar surface area (TPSA) is 105 Å². The minimum absolute atomic E-state index is 0.0308. The number of likely N-dealkylation sites (N-methyl/N-ethyl adjacent to an activating group) is 1. The van der Waals surface area contributed by atoms with Gasteiger partial charge in [-0.1, -0.05) is 20.3 Å². The SMILES string of the molecule is CCC(C)C(NC(N)=O)C(=O)N(C)CC1(O)CCOCC1. The number of ether oxygens (including phenoxy) is 1. The van der Waals surface area contributed by atoms with E-state index in [-0.39, 0.29) is 18.4 Å². The van der Waals surface area contributed by atoms with Gasteiger partial charge in [-0.15, -0.1) is 0 Å². The molecule has 1 saturated heterocycles. The third kappa shape index (κ3) is 5.17. The number of hydrogen-bond donors (Lipinski definition) is 3. The van der Waals surface area contributed by atoms with Gasteiger partial charge in [-0.3, -0.25) is 4.79 Å². The third-order valence-electron chi connectivity index (χ3n) is 4.11. The first-order valence-corrected chi connectivity index (χ1v) is 7.40. The molecule has 1 rings (SSSR count). The zero-order chi connectivity index (χ0) is 16.0. The monoisotopic (exact) mass is 301 g/mol. The predicted molar refractivity (Wildman–Crippen MR) is 78.6 cm³/mol. The Hall–Kier alpha value is -1.34. The summed E-state index contributed by atoms with van der Waals surface area (Å²) in [4.78, 5) is 25.1. The number of carbonyl (C=O) groups is 2. The van der Waals surface area contributed by atoms with Crippen LogP contribution < -0.4 is 11.1 Å². The highest BCUT2D eigenvalue weighted by Crippen LogP contribution is 2.22. The lowest BCUT2D eigenvalue weighted by molar-refractivity contribution is -0.139. The van der Waals surface area contributed by atoms with E-state index in [2.05, 4.69) is 5.32 Å². The van der Waals surface area contributed by atoms with Crippen molar-refractivity contribution < 1.29 is 19.4 Å². The largest absolute Gasteiger partial charge is 0.388 e. The van der Waals surface area contributed by atoms with E-state index in [4.69, 9.17) is 10.5 Å². The molecule has 0 aliphatic carbocycles. The number of rotatable bonds is 6. The number of nitrogens with one attached hydrogen (secondary N) is 1. The second-order valence-electron chi connectivity index (χ2n) is 5.90. The molecule has 2 atom stereocenters. The van der Waals surface area contributed by atoms with Crippen LogP contribution in [-0.4, -0.2) is 60.4 Å². The van der Waals surface area contributed by atoms with Crippen LogP contribution in [0.15, 0.2) is 0 Å². The van der Waals surface area contributed by atoms with E-state index < -0.39 is 17.7 Å². The number of hydrogen-bond acceptors (Lipinski definition) is 4. The zero-order valence-electron chi connectivity index (χ0n) is 13.1. The first-order valence-electron chi connectivity index (χ1n) is 7.40. The van der Waals surface area contributed by atoms with Gasteiger partial charge in [0.25, 0.3) is 0 Å². The van der Waals surface area contributed by atoms with Gasteiger partial charge in [0, 0.05) is 39.6 Å². The van der Waals surface area contributed by atoms with Crippen molar-refractivity contribution in [3.8, 4) is 0 Å². The second-order valence-corrected chi connectivity index (χ2v) is 5.90. The van der Waals surface area contributed by atoms with E-state index in [9.17, 15) is 14.7 Å². The molecule has 1 fully saturated rings. The Labute approximate surface area is 125 Å². The summed E-state index contributed by atoms with van der Waals surface area (Å²) in [5.41, 5.74) is 4.23. The van der Waals surface area contributed by atoms with Gasteiger partial charge < -0.3 is 25.8 Å². The molecule has 0 aromatic carbocycles. The van der Waals surface area contributed by atoms with Crippen LogP contribution in [0.1, 0.15) is 33.1 Å². The summed E-state index contributed by atoms with van der Waals surface area (Å²) in [5.74, 6) is -0.264. The molecule has 1 aliphatic rings. The zero-order valence-corrected chi connectivity index (χ0v) is 13.1. The molecule has 0 aromatic rings. The van der Waals surface area contributed by atoms with Gasteiger partial charge in [-0.25, -0.2) is 4.79 Å².